The van der Waals surface area contributed by atoms with Gasteiger partial charge in [0, 0.05) is 23.7 Å². The first-order valence-corrected chi connectivity index (χ1v) is 15.4. The molecule has 1 heterocycles. The van der Waals surface area contributed by atoms with Gasteiger partial charge < -0.3 is 29.5 Å². The third-order valence-electron chi connectivity index (χ3n) is 7.97. The average Bonchev–Trinajstić information content (AvgIpc) is 3.03. The number of hydrogen-bond donors (Lipinski definition) is 2. The van der Waals surface area contributed by atoms with E-state index in [9.17, 15) is 14.7 Å². The molecule has 0 bridgehead atoms. The van der Waals surface area contributed by atoms with Crippen molar-refractivity contribution in [2.24, 2.45) is 5.92 Å². The van der Waals surface area contributed by atoms with E-state index >= 15 is 0 Å². The molecule has 0 saturated heterocycles. The lowest BCUT2D eigenvalue weighted by Crippen LogP contribution is -2.42. The van der Waals surface area contributed by atoms with Gasteiger partial charge in [-0.3, -0.25) is 9.59 Å². The van der Waals surface area contributed by atoms with Gasteiger partial charge in [-0.2, -0.15) is 0 Å². The van der Waals surface area contributed by atoms with Crippen LogP contribution >= 0.6 is 11.6 Å². The number of amides is 1. The fourth-order valence-corrected chi connectivity index (χ4v) is 5.92. The summed E-state index contributed by atoms with van der Waals surface area (Å²) in [4.78, 5) is 32.3. The number of hydrogen-bond acceptors (Lipinski definition) is 7. The van der Waals surface area contributed by atoms with E-state index in [4.69, 9.17) is 30.8 Å². The Bertz CT molecular complexity index is 1420. The van der Waals surface area contributed by atoms with Crippen LogP contribution in [0.25, 0.3) is 22.4 Å². The van der Waals surface area contributed by atoms with E-state index < -0.39 is 17.9 Å². The van der Waals surface area contributed by atoms with E-state index in [0.717, 1.165) is 45.1 Å². The Labute approximate surface area is 264 Å². The third kappa shape index (κ3) is 8.42. The number of rotatable bonds is 14. The zero-order valence-corrected chi connectivity index (χ0v) is 26.7. The second-order valence-corrected chi connectivity index (χ2v) is 11.8. The first-order valence-electron chi connectivity index (χ1n) is 15.0. The summed E-state index contributed by atoms with van der Waals surface area (Å²) in [5.74, 6) is 0.429. The molecule has 0 spiro atoms. The van der Waals surface area contributed by atoms with Crippen LogP contribution in [0.1, 0.15) is 55.4 Å². The van der Waals surface area contributed by atoms with Crippen molar-refractivity contribution in [1.29, 1.82) is 0 Å². The number of methoxy groups -OCH3 is 2. The number of carbonyl (C=O) groups is 2. The number of benzene rings is 2. The number of carboxylic acids is 1. The molecule has 1 atom stereocenters. The Hall–Kier alpha value is -3.82. The Morgan fingerprint density at radius 2 is 1.73 bits per heavy atom. The SMILES string of the molecule is COc1cccc(OC)c1-c1ccc(C(=O)NC(CC(=O)O)C2CCCCC2)nc1-c1ccc(Cl)c(OCCCN(C)C)c1. The van der Waals surface area contributed by atoms with E-state index in [0.29, 0.717) is 51.3 Å². The van der Waals surface area contributed by atoms with Crippen molar-refractivity contribution < 1.29 is 28.9 Å². The average molecular weight is 624 g/mol. The number of nitrogens with zero attached hydrogens (tertiary/aromatic N) is 2. The first-order chi connectivity index (χ1) is 21.2. The smallest absolute Gasteiger partial charge is 0.305 e. The number of halogens is 1. The van der Waals surface area contributed by atoms with Crippen LogP contribution in [0, 0.1) is 5.92 Å². The minimum atomic E-state index is -0.938. The van der Waals surface area contributed by atoms with E-state index in [1.807, 2.05) is 50.5 Å². The van der Waals surface area contributed by atoms with Gasteiger partial charge in [0.1, 0.15) is 22.9 Å². The van der Waals surface area contributed by atoms with Crippen LogP contribution in [-0.2, 0) is 4.79 Å². The summed E-state index contributed by atoms with van der Waals surface area (Å²) in [6.07, 6.45) is 5.67. The molecular formula is C34H42ClN3O6. The van der Waals surface area contributed by atoms with Gasteiger partial charge in [0.25, 0.3) is 5.91 Å². The number of nitrogens with one attached hydrogen (secondary N) is 1. The number of carboxylic acid groups (broad SMARTS) is 1. The highest BCUT2D eigenvalue weighted by Crippen LogP contribution is 2.43. The van der Waals surface area contributed by atoms with Crippen LogP contribution < -0.4 is 19.5 Å². The lowest BCUT2D eigenvalue weighted by Gasteiger charge is -2.30. The number of pyridine rings is 1. The van der Waals surface area contributed by atoms with Crippen molar-refractivity contribution in [2.45, 2.75) is 51.0 Å². The van der Waals surface area contributed by atoms with Gasteiger partial charge in [-0.05, 0) is 75.7 Å². The molecule has 2 N–H and O–H groups in total. The van der Waals surface area contributed by atoms with Crippen LogP contribution in [0.15, 0.2) is 48.5 Å². The lowest BCUT2D eigenvalue weighted by molar-refractivity contribution is -0.137. The van der Waals surface area contributed by atoms with Gasteiger partial charge in [-0.1, -0.05) is 43.0 Å². The minimum absolute atomic E-state index is 0.115. The Morgan fingerprint density at radius 3 is 2.36 bits per heavy atom. The van der Waals surface area contributed by atoms with Gasteiger partial charge >= 0.3 is 5.97 Å². The molecule has 0 radical (unpaired) electrons. The summed E-state index contributed by atoms with van der Waals surface area (Å²) in [5, 5.41) is 13.1. The maximum absolute atomic E-state index is 13.6. The maximum atomic E-state index is 13.6. The summed E-state index contributed by atoms with van der Waals surface area (Å²) >= 11 is 6.52. The number of aromatic nitrogens is 1. The zero-order chi connectivity index (χ0) is 31.6. The molecule has 10 heteroatoms. The summed E-state index contributed by atoms with van der Waals surface area (Å²) in [6.45, 7) is 1.36. The topological polar surface area (TPSA) is 110 Å². The van der Waals surface area contributed by atoms with Gasteiger partial charge in [0.05, 0.1) is 43.5 Å². The Kier molecular flexibility index (Phi) is 11.9. The molecule has 4 rings (SSSR count). The molecule has 1 aliphatic rings. The van der Waals surface area contributed by atoms with Gasteiger partial charge in [-0.25, -0.2) is 4.98 Å². The fourth-order valence-electron chi connectivity index (χ4n) is 5.75. The van der Waals surface area contributed by atoms with Crippen LogP contribution in [0.3, 0.4) is 0 Å². The summed E-state index contributed by atoms with van der Waals surface area (Å²) in [7, 11) is 7.19. The number of carbonyl (C=O) groups excluding carboxylic acids is 1. The van der Waals surface area contributed by atoms with Crippen molar-refractivity contribution in [1.82, 2.24) is 15.2 Å². The quantitative estimate of drug-likeness (QED) is 0.194. The van der Waals surface area contributed by atoms with E-state index in [-0.39, 0.29) is 18.0 Å². The Morgan fingerprint density at radius 1 is 1.02 bits per heavy atom. The standard InChI is InChI=1S/C34H42ClN3O6/c1-38(2)18-9-19-44-30-20-23(14-16-25(30)35)33-24(32-28(42-3)12-8-13-29(32)43-4)15-17-26(36-33)34(41)37-27(21-31(39)40)22-10-6-5-7-11-22/h8,12-17,20,22,27H,5-7,9-11,18-19,21H2,1-4H3,(H,37,41)(H,39,40). The van der Waals surface area contributed by atoms with Crippen molar-refractivity contribution in [2.75, 3.05) is 41.5 Å². The highest BCUT2D eigenvalue weighted by Gasteiger charge is 2.28. The molecule has 1 unspecified atom stereocenters. The molecule has 2 aromatic carbocycles. The van der Waals surface area contributed by atoms with E-state index in [1.54, 1.807) is 26.4 Å². The highest BCUT2D eigenvalue weighted by molar-refractivity contribution is 6.32. The lowest BCUT2D eigenvalue weighted by atomic mass is 9.82. The normalized spacial score (nSPS) is 14.2. The molecule has 0 aliphatic heterocycles. The minimum Gasteiger partial charge on any atom is -0.496 e. The number of ether oxygens (including phenoxy) is 3. The van der Waals surface area contributed by atoms with Crippen LogP contribution in [0.2, 0.25) is 5.02 Å². The molecule has 9 nitrogen and oxygen atoms in total. The highest BCUT2D eigenvalue weighted by atomic mass is 35.5. The van der Waals surface area contributed by atoms with E-state index in [2.05, 4.69) is 10.2 Å². The summed E-state index contributed by atoms with van der Waals surface area (Å²) < 4.78 is 17.5. The summed E-state index contributed by atoms with van der Waals surface area (Å²) in [6, 6.07) is 13.9. The second kappa shape index (κ2) is 15.8. The molecule has 236 valence electrons. The van der Waals surface area contributed by atoms with Gasteiger partial charge in [0.15, 0.2) is 0 Å². The van der Waals surface area contributed by atoms with Crippen molar-refractivity contribution in [3.63, 3.8) is 0 Å². The largest absolute Gasteiger partial charge is 0.496 e. The van der Waals surface area contributed by atoms with Gasteiger partial charge in [-0.15, -0.1) is 0 Å². The van der Waals surface area contributed by atoms with Crippen molar-refractivity contribution in [3.8, 4) is 39.6 Å². The second-order valence-electron chi connectivity index (χ2n) is 11.4. The third-order valence-corrected chi connectivity index (χ3v) is 8.28. The zero-order valence-electron chi connectivity index (χ0n) is 25.9. The molecule has 3 aromatic rings. The van der Waals surface area contributed by atoms with Gasteiger partial charge in [0.2, 0.25) is 0 Å². The molecule has 1 saturated carbocycles. The monoisotopic (exact) mass is 623 g/mol. The predicted octanol–water partition coefficient (Wildman–Crippen LogP) is 6.57. The number of aliphatic carboxylic acids is 1. The first kappa shape index (κ1) is 33.1. The molecule has 1 aromatic heterocycles. The van der Waals surface area contributed by atoms with Crippen LogP contribution in [-0.4, -0.2) is 74.4 Å². The van der Waals surface area contributed by atoms with Crippen LogP contribution in [0.5, 0.6) is 17.2 Å². The van der Waals surface area contributed by atoms with E-state index in [1.165, 1.54) is 0 Å². The summed E-state index contributed by atoms with van der Waals surface area (Å²) in [5.41, 5.74) is 2.73. The van der Waals surface area contributed by atoms with Crippen molar-refractivity contribution in [3.05, 3.63) is 59.2 Å². The molecule has 1 amide bonds. The Balaban J connectivity index is 1.77. The molecule has 1 fully saturated rings. The van der Waals surface area contributed by atoms with Crippen LogP contribution in [0.4, 0.5) is 0 Å². The fraction of sp³-hybridized carbons (Fsp3) is 0.441. The maximum Gasteiger partial charge on any atom is 0.305 e. The molecule has 1 aliphatic carbocycles. The predicted molar refractivity (Wildman–Crippen MR) is 172 cm³/mol. The van der Waals surface area contributed by atoms with Crippen molar-refractivity contribution >= 4 is 23.5 Å². The molecular weight excluding hydrogens is 582 g/mol. The molecule has 44 heavy (non-hydrogen) atoms.